The highest BCUT2D eigenvalue weighted by molar-refractivity contribution is 7.87. The Labute approximate surface area is 230 Å². The third-order valence-electron chi connectivity index (χ3n) is 4.84. The Balaban J connectivity index is 6.00. The van der Waals surface area contributed by atoms with Crippen molar-refractivity contribution in [2.45, 2.75) is 5.51 Å². The van der Waals surface area contributed by atoms with E-state index in [0.29, 0.717) is 0 Å². The van der Waals surface area contributed by atoms with Gasteiger partial charge in [-0.2, -0.15) is 21.6 Å². The van der Waals surface area contributed by atoms with Gasteiger partial charge in [0.1, 0.15) is 0 Å². The van der Waals surface area contributed by atoms with E-state index in [0.717, 1.165) is 0 Å². The molecule has 0 unspecified atom stereocenters. The van der Waals surface area contributed by atoms with Crippen LogP contribution in [0.5, 0.6) is 0 Å². The summed E-state index contributed by atoms with van der Waals surface area (Å²) in [4.78, 5) is 0. The molecular weight excluding hydrogens is 545 g/mol. The summed E-state index contributed by atoms with van der Waals surface area (Å²) in [6.07, 6.45) is 7.56. The molecule has 0 saturated heterocycles. The lowest BCUT2D eigenvalue weighted by Gasteiger charge is -2.36. The van der Waals surface area contributed by atoms with Gasteiger partial charge in [-0.05, 0) is 0 Å². The topological polar surface area (TPSA) is 98.8 Å². The smallest absolute Gasteiger partial charge is 0.380 e. The molecule has 13 heteroatoms. The van der Waals surface area contributed by atoms with Gasteiger partial charge < -0.3 is 28.4 Å². The molecule has 0 aliphatic rings. The predicted octanol–water partition coefficient (Wildman–Crippen LogP) is 3.86. The molecule has 0 aromatic carbocycles. The first-order chi connectivity index (χ1) is 18.5. The van der Waals surface area contributed by atoms with Crippen LogP contribution in [-0.2, 0) is 42.7 Å². The average Bonchev–Trinajstić information content (AvgIpc) is 2.87. The van der Waals surface area contributed by atoms with Crippen molar-refractivity contribution in [3.63, 3.8) is 0 Å². The molecular formula is C26H41F3O9S. The lowest BCUT2D eigenvalue weighted by molar-refractivity contribution is -0.130. The highest BCUT2D eigenvalue weighted by Gasteiger charge is 2.49. The second-order valence-corrected chi connectivity index (χ2v) is 10.3. The minimum Gasteiger partial charge on any atom is -0.380 e. The van der Waals surface area contributed by atoms with Gasteiger partial charge in [0.25, 0.3) is 0 Å². The Morgan fingerprint density at radius 2 is 0.744 bits per heavy atom. The molecule has 9 nitrogen and oxygen atoms in total. The summed E-state index contributed by atoms with van der Waals surface area (Å²) >= 11 is 0. The van der Waals surface area contributed by atoms with Crippen molar-refractivity contribution in [3.8, 4) is 0 Å². The summed E-state index contributed by atoms with van der Waals surface area (Å²) in [7, 11) is -5.89. The number of hydrogen-bond donors (Lipinski definition) is 0. The molecule has 0 bridgehead atoms. The van der Waals surface area contributed by atoms with Gasteiger partial charge in [0.15, 0.2) is 0 Å². The van der Waals surface area contributed by atoms with E-state index < -0.39 is 33.1 Å². The number of alkyl halides is 3. The van der Waals surface area contributed by atoms with Crippen LogP contribution in [0.4, 0.5) is 13.2 Å². The zero-order valence-corrected chi connectivity index (χ0v) is 23.1. The van der Waals surface area contributed by atoms with Gasteiger partial charge in [-0.15, -0.1) is 32.9 Å². The van der Waals surface area contributed by atoms with Crippen molar-refractivity contribution >= 4 is 10.1 Å². The monoisotopic (exact) mass is 586 g/mol. The van der Waals surface area contributed by atoms with Crippen molar-refractivity contribution in [1.82, 2.24) is 0 Å². The lowest BCUT2D eigenvalue weighted by Crippen LogP contribution is -2.46. The molecule has 0 fully saturated rings. The second kappa shape index (κ2) is 20.1. The van der Waals surface area contributed by atoms with Crippen molar-refractivity contribution in [3.05, 3.63) is 63.3 Å². The molecule has 0 N–H and O–H groups in total. The SMILES string of the molecule is C=CCOCC(COCC=C)(COCC=C)COCC(COCC=C)(COCC=C)COS(=O)(=O)C(F)(F)F. The van der Waals surface area contributed by atoms with E-state index in [9.17, 15) is 21.6 Å². The van der Waals surface area contributed by atoms with Gasteiger partial charge in [-0.25, -0.2) is 0 Å². The van der Waals surface area contributed by atoms with Crippen LogP contribution in [-0.4, -0.2) is 99.8 Å². The Morgan fingerprint density at radius 3 is 1.00 bits per heavy atom. The maximum Gasteiger partial charge on any atom is 0.523 e. The highest BCUT2D eigenvalue weighted by atomic mass is 32.2. The third-order valence-corrected chi connectivity index (χ3v) is 5.84. The highest BCUT2D eigenvalue weighted by Crippen LogP contribution is 2.29. The first-order valence-electron chi connectivity index (χ1n) is 11.9. The van der Waals surface area contributed by atoms with E-state index in [1.807, 2.05) is 0 Å². The molecule has 226 valence electrons. The minimum atomic E-state index is -5.89. The Morgan fingerprint density at radius 1 is 0.487 bits per heavy atom. The Hall–Kier alpha value is -1.84. The van der Waals surface area contributed by atoms with Gasteiger partial charge in [-0.3, -0.25) is 4.18 Å². The molecule has 39 heavy (non-hydrogen) atoms. The van der Waals surface area contributed by atoms with Gasteiger partial charge in [0, 0.05) is 0 Å². The van der Waals surface area contributed by atoms with E-state index in [1.54, 1.807) is 18.2 Å². The number of ether oxygens (including phenoxy) is 6. The molecule has 0 saturated carbocycles. The fourth-order valence-electron chi connectivity index (χ4n) is 3.05. The van der Waals surface area contributed by atoms with E-state index in [2.05, 4.69) is 37.1 Å². The van der Waals surface area contributed by atoms with Gasteiger partial charge in [0.05, 0.1) is 96.7 Å². The van der Waals surface area contributed by atoms with Gasteiger partial charge in [0.2, 0.25) is 0 Å². The van der Waals surface area contributed by atoms with Crippen LogP contribution in [0.25, 0.3) is 0 Å². The standard InChI is InChI=1S/C26H41F3O9S/c1-6-11-32-16-24(17-33-12-7-2,18-34-13-8-3)21-37-22-25(19-35-14-9-4,20-36-15-10-5)23-38-39(30,31)26(27,28)29/h6-10H,1-5,11-23H2. The zero-order valence-electron chi connectivity index (χ0n) is 22.3. The quantitative estimate of drug-likeness (QED) is 0.0615. The van der Waals surface area contributed by atoms with E-state index in [4.69, 9.17) is 28.4 Å². The largest absolute Gasteiger partial charge is 0.523 e. The molecule has 0 aliphatic heterocycles. The van der Waals surface area contributed by atoms with Crippen molar-refractivity contribution in [2.24, 2.45) is 10.8 Å². The minimum absolute atomic E-state index is 0.0410. The van der Waals surface area contributed by atoms with Crippen LogP contribution < -0.4 is 0 Å². The zero-order chi connectivity index (χ0) is 29.7. The summed E-state index contributed by atoms with van der Waals surface area (Å²) in [5.74, 6) is 0. The van der Waals surface area contributed by atoms with Crippen LogP contribution in [0.1, 0.15) is 0 Å². The predicted molar refractivity (Wildman–Crippen MR) is 142 cm³/mol. The summed E-state index contributed by atoms with van der Waals surface area (Å²) in [5, 5.41) is 0. The fraction of sp³-hybridized carbons (Fsp3) is 0.615. The summed E-state index contributed by atoms with van der Waals surface area (Å²) < 4.78 is 101. The normalized spacial score (nSPS) is 12.7. The summed E-state index contributed by atoms with van der Waals surface area (Å²) in [6, 6.07) is 0. The molecule has 0 aliphatic carbocycles. The third kappa shape index (κ3) is 15.5. The van der Waals surface area contributed by atoms with E-state index in [1.165, 1.54) is 12.2 Å². The average molecular weight is 587 g/mol. The molecule has 0 atom stereocenters. The second-order valence-electron chi connectivity index (χ2n) is 8.67. The molecule has 0 rings (SSSR count). The summed E-state index contributed by atoms with van der Waals surface area (Å²) in [6.45, 7) is 17.3. The first kappa shape index (κ1) is 37.2. The van der Waals surface area contributed by atoms with Crippen molar-refractivity contribution in [1.29, 1.82) is 0 Å². The van der Waals surface area contributed by atoms with Crippen molar-refractivity contribution < 1.29 is 54.2 Å². The summed E-state index contributed by atoms with van der Waals surface area (Å²) in [5.41, 5.74) is -7.92. The molecule has 0 aromatic heterocycles. The van der Waals surface area contributed by atoms with Crippen LogP contribution in [0.3, 0.4) is 0 Å². The van der Waals surface area contributed by atoms with Gasteiger partial charge >= 0.3 is 15.6 Å². The number of rotatable bonds is 27. The Kier molecular flexibility index (Phi) is 19.2. The van der Waals surface area contributed by atoms with Crippen LogP contribution in [0.15, 0.2) is 63.3 Å². The van der Waals surface area contributed by atoms with Crippen molar-refractivity contribution in [2.75, 3.05) is 85.9 Å². The fourth-order valence-corrected chi connectivity index (χ4v) is 3.59. The molecule has 0 aromatic rings. The maximum atomic E-state index is 13.0. The molecule has 0 spiro atoms. The molecule has 0 heterocycles. The molecule has 0 amide bonds. The lowest BCUT2D eigenvalue weighted by atomic mass is 9.90. The van der Waals surface area contributed by atoms with Crippen LogP contribution in [0, 0.1) is 10.8 Å². The van der Waals surface area contributed by atoms with E-state index >= 15 is 0 Å². The maximum absolute atomic E-state index is 13.0. The number of halogens is 3. The molecule has 0 radical (unpaired) electrons. The number of hydrogen-bond acceptors (Lipinski definition) is 9. The first-order valence-corrected chi connectivity index (χ1v) is 13.3. The van der Waals surface area contributed by atoms with Crippen LogP contribution in [0.2, 0.25) is 0 Å². The van der Waals surface area contributed by atoms with Gasteiger partial charge in [-0.1, -0.05) is 30.4 Å². The van der Waals surface area contributed by atoms with Crippen LogP contribution >= 0.6 is 0 Å². The van der Waals surface area contributed by atoms with E-state index in [-0.39, 0.29) is 79.3 Å². The Bertz CT molecular complexity index is 779.